The molecule has 3 aromatic rings. The highest BCUT2D eigenvalue weighted by atomic mass is 32.2. The maximum absolute atomic E-state index is 13.0. The lowest BCUT2D eigenvalue weighted by molar-refractivity contribution is 0.0526. The molecule has 164 valence electrons. The molecular weight excluding hydrogens is 440 g/mol. The first-order valence-electron chi connectivity index (χ1n) is 9.72. The van der Waals surface area contributed by atoms with Gasteiger partial charge in [-0.15, -0.1) is 0 Å². The van der Waals surface area contributed by atoms with Crippen molar-refractivity contribution < 1.29 is 17.9 Å². The first-order chi connectivity index (χ1) is 14.9. The molecule has 1 fully saturated rings. The molecule has 4 rings (SSSR count). The average Bonchev–Trinajstić information content (AvgIpc) is 3.16. The minimum absolute atomic E-state index is 0.196. The number of carbonyl (C=O) groups is 1. The summed E-state index contributed by atoms with van der Waals surface area (Å²) in [5, 5.41) is 3.50. The van der Waals surface area contributed by atoms with Crippen LogP contribution in [0.15, 0.2) is 35.6 Å². The fourth-order valence-electron chi connectivity index (χ4n) is 3.19. The Balaban J connectivity index is 1.60. The van der Waals surface area contributed by atoms with E-state index in [0.29, 0.717) is 41.5 Å². The highest BCUT2D eigenvalue weighted by Crippen LogP contribution is 2.31. The van der Waals surface area contributed by atoms with Crippen molar-refractivity contribution in [3.63, 3.8) is 0 Å². The van der Waals surface area contributed by atoms with E-state index in [9.17, 15) is 13.2 Å². The molecule has 1 saturated heterocycles. The van der Waals surface area contributed by atoms with Crippen LogP contribution in [0.1, 0.15) is 17.3 Å². The standard InChI is InChI=1S/C19H22N6O4S2/c1-3-29-18(26)14-11-20-12-21-17(14)23-19-22-15-5-4-13(10-16(15)30-19)31(27,28)25-8-6-24(2)7-9-25/h4-5,10-12H,3,6-9H2,1-2H3,(H,20,21,22,23). The van der Waals surface area contributed by atoms with E-state index in [0.717, 1.165) is 0 Å². The van der Waals surface area contributed by atoms with E-state index < -0.39 is 16.0 Å². The second kappa shape index (κ2) is 8.83. The molecule has 0 radical (unpaired) electrons. The SMILES string of the molecule is CCOC(=O)c1cncnc1Nc1nc2ccc(S(=O)(=O)N3CCN(C)CC3)cc2s1. The van der Waals surface area contributed by atoms with Crippen LogP contribution >= 0.6 is 11.3 Å². The summed E-state index contributed by atoms with van der Waals surface area (Å²) < 4.78 is 33.3. The number of piperazine rings is 1. The van der Waals surface area contributed by atoms with Gasteiger partial charge in [-0.05, 0) is 32.2 Å². The number of nitrogens with one attached hydrogen (secondary N) is 1. The van der Waals surface area contributed by atoms with Crippen LogP contribution in [0.5, 0.6) is 0 Å². The summed E-state index contributed by atoms with van der Waals surface area (Å²) in [4.78, 5) is 26.9. The number of benzene rings is 1. The minimum Gasteiger partial charge on any atom is -0.462 e. The van der Waals surface area contributed by atoms with E-state index in [1.54, 1.807) is 25.1 Å². The second-order valence-electron chi connectivity index (χ2n) is 6.99. The van der Waals surface area contributed by atoms with Gasteiger partial charge in [0.25, 0.3) is 0 Å². The average molecular weight is 463 g/mol. The molecule has 10 nitrogen and oxygen atoms in total. The molecular formula is C19H22N6O4S2. The van der Waals surface area contributed by atoms with Crippen LogP contribution in [-0.4, -0.2) is 78.4 Å². The number of hydrogen-bond donors (Lipinski definition) is 1. The number of anilines is 2. The van der Waals surface area contributed by atoms with Crippen molar-refractivity contribution in [1.29, 1.82) is 0 Å². The summed E-state index contributed by atoms with van der Waals surface area (Å²) in [6.45, 7) is 4.30. The zero-order valence-electron chi connectivity index (χ0n) is 17.1. The summed E-state index contributed by atoms with van der Waals surface area (Å²) in [5.41, 5.74) is 0.846. The molecule has 0 atom stereocenters. The Hall–Kier alpha value is -2.67. The molecule has 31 heavy (non-hydrogen) atoms. The molecule has 1 aromatic carbocycles. The molecule has 1 N–H and O–H groups in total. The number of carbonyl (C=O) groups excluding carboxylic acids is 1. The van der Waals surface area contributed by atoms with Crippen LogP contribution in [-0.2, 0) is 14.8 Å². The van der Waals surface area contributed by atoms with Crippen LogP contribution in [0.25, 0.3) is 10.2 Å². The van der Waals surface area contributed by atoms with Crippen molar-refractivity contribution in [3.05, 3.63) is 36.3 Å². The molecule has 0 unspecified atom stereocenters. The van der Waals surface area contributed by atoms with Crippen LogP contribution in [0, 0.1) is 0 Å². The monoisotopic (exact) mass is 462 g/mol. The minimum atomic E-state index is -3.57. The number of thiazole rings is 1. The molecule has 3 heterocycles. The number of ether oxygens (including phenoxy) is 1. The third-order valence-corrected chi connectivity index (χ3v) is 7.72. The van der Waals surface area contributed by atoms with Gasteiger partial charge in [0.2, 0.25) is 10.0 Å². The fourth-order valence-corrected chi connectivity index (χ4v) is 5.61. The van der Waals surface area contributed by atoms with Crippen molar-refractivity contribution in [2.24, 2.45) is 0 Å². The number of aromatic nitrogens is 3. The van der Waals surface area contributed by atoms with Gasteiger partial charge in [-0.25, -0.2) is 28.2 Å². The van der Waals surface area contributed by atoms with Crippen molar-refractivity contribution in [2.45, 2.75) is 11.8 Å². The number of fused-ring (bicyclic) bond motifs is 1. The third kappa shape index (κ3) is 4.51. The molecule has 0 saturated carbocycles. The van der Waals surface area contributed by atoms with Gasteiger partial charge in [-0.3, -0.25) is 0 Å². The van der Waals surface area contributed by atoms with E-state index in [-0.39, 0.29) is 22.9 Å². The number of sulfonamides is 1. The number of hydrogen-bond acceptors (Lipinski definition) is 10. The lowest BCUT2D eigenvalue weighted by atomic mass is 10.3. The van der Waals surface area contributed by atoms with Gasteiger partial charge in [0.1, 0.15) is 17.7 Å². The van der Waals surface area contributed by atoms with Crippen molar-refractivity contribution in [3.8, 4) is 0 Å². The van der Waals surface area contributed by atoms with Crippen molar-refractivity contribution in [2.75, 3.05) is 45.2 Å². The Labute approximate surface area is 183 Å². The molecule has 0 bridgehead atoms. The number of nitrogens with zero attached hydrogens (tertiary/aromatic N) is 5. The number of esters is 1. The van der Waals surface area contributed by atoms with Gasteiger partial charge in [0.05, 0.1) is 21.7 Å². The van der Waals surface area contributed by atoms with E-state index in [2.05, 4.69) is 25.2 Å². The maximum Gasteiger partial charge on any atom is 0.343 e. The highest BCUT2D eigenvalue weighted by molar-refractivity contribution is 7.89. The number of rotatable bonds is 6. The summed E-state index contributed by atoms with van der Waals surface area (Å²) in [7, 11) is -1.59. The Morgan fingerprint density at radius 2 is 2.03 bits per heavy atom. The van der Waals surface area contributed by atoms with Crippen molar-refractivity contribution in [1.82, 2.24) is 24.2 Å². The molecule has 0 aliphatic carbocycles. The van der Waals surface area contributed by atoms with Gasteiger partial charge in [-0.1, -0.05) is 11.3 Å². The fraction of sp³-hybridized carbons (Fsp3) is 0.368. The van der Waals surface area contributed by atoms with Gasteiger partial charge in [-0.2, -0.15) is 4.31 Å². The number of likely N-dealkylation sites (N-methyl/N-ethyl adjacent to an activating group) is 1. The Morgan fingerprint density at radius 3 is 2.77 bits per heavy atom. The van der Waals surface area contributed by atoms with Crippen LogP contribution in [0.4, 0.5) is 10.9 Å². The lowest BCUT2D eigenvalue weighted by Crippen LogP contribution is -2.46. The maximum atomic E-state index is 13.0. The van der Waals surface area contributed by atoms with Gasteiger partial charge < -0.3 is 15.0 Å². The molecule has 1 aliphatic heterocycles. The highest BCUT2D eigenvalue weighted by Gasteiger charge is 2.28. The zero-order chi connectivity index (χ0) is 22.0. The van der Waals surface area contributed by atoms with Crippen LogP contribution in [0.3, 0.4) is 0 Å². The predicted octanol–water partition coefficient (Wildman–Crippen LogP) is 1.94. The predicted molar refractivity (Wildman–Crippen MR) is 117 cm³/mol. The summed E-state index contributed by atoms with van der Waals surface area (Å²) in [5.74, 6) is -0.259. The first kappa shape index (κ1) is 21.6. The molecule has 2 aromatic heterocycles. The van der Waals surface area contributed by atoms with E-state index in [1.807, 2.05) is 7.05 Å². The topological polar surface area (TPSA) is 118 Å². The summed E-state index contributed by atoms with van der Waals surface area (Å²) in [6, 6.07) is 4.90. The smallest absolute Gasteiger partial charge is 0.343 e. The molecule has 12 heteroatoms. The van der Waals surface area contributed by atoms with Gasteiger partial charge >= 0.3 is 5.97 Å². The second-order valence-corrected chi connectivity index (χ2v) is 9.95. The molecule has 0 amide bonds. The molecule has 0 spiro atoms. The summed E-state index contributed by atoms with van der Waals surface area (Å²) in [6.07, 6.45) is 2.69. The van der Waals surface area contributed by atoms with Crippen LogP contribution < -0.4 is 5.32 Å². The Morgan fingerprint density at radius 1 is 1.26 bits per heavy atom. The van der Waals surface area contributed by atoms with E-state index in [4.69, 9.17) is 4.74 Å². The van der Waals surface area contributed by atoms with E-state index in [1.165, 1.54) is 28.2 Å². The normalized spacial score (nSPS) is 15.8. The first-order valence-corrected chi connectivity index (χ1v) is 12.0. The molecule has 1 aliphatic rings. The Bertz CT molecular complexity index is 1210. The van der Waals surface area contributed by atoms with Gasteiger partial charge in [0.15, 0.2) is 5.13 Å². The Kier molecular flexibility index (Phi) is 6.14. The third-order valence-electron chi connectivity index (χ3n) is 4.89. The zero-order valence-corrected chi connectivity index (χ0v) is 18.7. The summed E-state index contributed by atoms with van der Waals surface area (Å²) >= 11 is 1.28. The van der Waals surface area contributed by atoms with Crippen LogP contribution in [0.2, 0.25) is 0 Å². The largest absolute Gasteiger partial charge is 0.462 e. The lowest BCUT2D eigenvalue weighted by Gasteiger charge is -2.31. The quantitative estimate of drug-likeness (QED) is 0.548. The van der Waals surface area contributed by atoms with Gasteiger partial charge in [0, 0.05) is 32.4 Å². The van der Waals surface area contributed by atoms with Crippen molar-refractivity contribution >= 4 is 48.5 Å². The van der Waals surface area contributed by atoms with E-state index >= 15 is 0 Å².